The zero-order chi connectivity index (χ0) is 22.5. The van der Waals surface area contributed by atoms with E-state index in [0.717, 1.165) is 38.5 Å². The van der Waals surface area contributed by atoms with Crippen LogP contribution < -0.4 is 5.73 Å². The van der Waals surface area contributed by atoms with E-state index in [1.165, 1.54) is 38.5 Å². The van der Waals surface area contributed by atoms with E-state index in [4.69, 9.17) is 10.8 Å². The van der Waals surface area contributed by atoms with Crippen LogP contribution in [-0.4, -0.2) is 53.2 Å². The molecule has 0 aromatic heterocycles. The largest absolute Gasteiger partial charge is 0.480 e. The third-order valence-corrected chi connectivity index (χ3v) is 4.89. The van der Waals surface area contributed by atoms with E-state index in [0.29, 0.717) is 6.42 Å². The number of carbonyl (C=O) groups is 2. The second kappa shape index (κ2) is 21.3. The Kier molecular flexibility index (Phi) is 21.9. The Balaban J connectivity index is 0. The maximum atomic E-state index is 10.6. The van der Waals surface area contributed by atoms with Crippen LogP contribution in [0.5, 0.6) is 0 Å². The molecule has 1 amide bonds. The molecule has 0 aromatic carbocycles. The van der Waals surface area contributed by atoms with Gasteiger partial charge in [-0.05, 0) is 53.1 Å². The van der Waals surface area contributed by atoms with Crippen molar-refractivity contribution < 1.29 is 19.8 Å². The van der Waals surface area contributed by atoms with Crippen molar-refractivity contribution in [2.24, 2.45) is 5.73 Å². The fraction of sp³-hybridized carbons (Fsp3) is 0.826. The highest BCUT2D eigenvalue weighted by molar-refractivity contribution is 5.73. The highest BCUT2D eigenvalue weighted by Gasteiger charge is 2.11. The molecule has 0 aliphatic heterocycles. The molecule has 0 heterocycles. The fourth-order valence-corrected chi connectivity index (χ4v) is 2.61. The SMILES string of the molecule is CC(C(=O)O)N(C)C.CCCCCCC(O)C/C=C\CCCCCCCC(N)=O. The minimum atomic E-state index is -0.782. The summed E-state index contributed by atoms with van der Waals surface area (Å²) >= 11 is 0. The zero-order valence-corrected chi connectivity index (χ0v) is 19.2. The van der Waals surface area contributed by atoms with Crippen LogP contribution in [0.4, 0.5) is 0 Å². The van der Waals surface area contributed by atoms with Crippen LogP contribution in [0.15, 0.2) is 12.2 Å². The molecule has 0 aliphatic carbocycles. The van der Waals surface area contributed by atoms with Gasteiger partial charge in [0.15, 0.2) is 0 Å². The molecule has 29 heavy (non-hydrogen) atoms. The number of nitrogens with two attached hydrogens (primary N) is 1. The molecule has 0 rings (SSSR count). The summed E-state index contributed by atoms with van der Waals surface area (Å²) in [7, 11) is 3.47. The summed E-state index contributed by atoms with van der Waals surface area (Å²) in [5, 5.41) is 18.1. The summed E-state index contributed by atoms with van der Waals surface area (Å²) < 4.78 is 0. The van der Waals surface area contributed by atoms with E-state index in [-0.39, 0.29) is 18.1 Å². The van der Waals surface area contributed by atoms with Crippen molar-refractivity contribution in [2.45, 2.75) is 109 Å². The van der Waals surface area contributed by atoms with Crippen LogP contribution in [0, 0.1) is 0 Å². The van der Waals surface area contributed by atoms with Crippen molar-refractivity contribution in [1.29, 1.82) is 0 Å². The van der Waals surface area contributed by atoms with Gasteiger partial charge >= 0.3 is 5.97 Å². The Labute approximate surface area is 178 Å². The smallest absolute Gasteiger partial charge is 0.320 e. The summed E-state index contributed by atoms with van der Waals surface area (Å²) in [5.41, 5.74) is 5.09. The first-order valence-electron chi connectivity index (χ1n) is 11.2. The van der Waals surface area contributed by atoms with Gasteiger partial charge in [-0.3, -0.25) is 14.5 Å². The molecular formula is C23H46N2O4. The molecule has 0 saturated carbocycles. The number of amides is 1. The Morgan fingerprint density at radius 1 is 0.966 bits per heavy atom. The van der Waals surface area contributed by atoms with Crippen LogP contribution in [-0.2, 0) is 9.59 Å². The lowest BCUT2D eigenvalue weighted by Crippen LogP contribution is -2.32. The minimum absolute atomic E-state index is 0.160. The van der Waals surface area contributed by atoms with Crippen molar-refractivity contribution in [2.75, 3.05) is 14.1 Å². The predicted molar refractivity (Wildman–Crippen MR) is 121 cm³/mol. The summed E-state index contributed by atoms with van der Waals surface area (Å²) in [5.74, 6) is -0.971. The molecule has 0 radical (unpaired) electrons. The number of hydrogen-bond donors (Lipinski definition) is 3. The lowest BCUT2D eigenvalue weighted by Gasteiger charge is -2.13. The molecular weight excluding hydrogens is 368 g/mol. The maximum Gasteiger partial charge on any atom is 0.320 e. The Bertz CT molecular complexity index is 425. The van der Waals surface area contributed by atoms with Crippen molar-refractivity contribution >= 4 is 11.9 Å². The molecule has 0 saturated heterocycles. The number of carbonyl (C=O) groups excluding carboxylic acids is 1. The third-order valence-electron chi connectivity index (χ3n) is 4.89. The zero-order valence-electron chi connectivity index (χ0n) is 19.2. The molecule has 0 aromatic rings. The average Bonchev–Trinajstić information content (AvgIpc) is 2.66. The number of aliphatic hydroxyl groups is 1. The van der Waals surface area contributed by atoms with Gasteiger partial charge in [0.25, 0.3) is 0 Å². The molecule has 2 unspecified atom stereocenters. The molecule has 0 spiro atoms. The number of carboxylic acid groups (broad SMARTS) is 1. The number of carboxylic acids is 1. The van der Waals surface area contributed by atoms with Crippen molar-refractivity contribution in [3.8, 4) is 0 Å². The van der Waals surface area contributed by atoms with Gasteiger partial charge in [-0.2, -0.15) is 0 Å². The monoisotopic (exact) mass is 414 g/mol. The number of aliphatic hydroxyl groups excluding tert-OH is 1. The number of rotatable bonds is 17. The summed E-state index contributed by atoms with van der Waals surface area (Å²) in [6.07, 6.45) is 18.0. The van der Waals surface area contributed by atoms with Gasteiger partial charge in [-0.15, -0.1) is 0 Å². The minimum Gasteiger partial charge on any atom is -0.480 e. The number of allylic oxidation sites excluding steroid dienone is 1. The second-order valence-corrected chi connectivity index (χ2v) is 7.96. The quantitative estimate of drug-likeness (QED) is 0.240. The average molecular weight is 415 g/mol. The number of primary amides is 1. The molecule has 0 aliphatic rings. The van der Waals surface area contributed by atoms with Crippen LogP contribution in [0.3, 0.4) is 0 Å². The molecule has 6 heteroatoms. The highest BCUT2D eigenvalue weighted by atomic mass is 16.4. The van der Waals surface area contributed by atoms with Gasteiger partial charge in [-0.25, -0.2) is 0 Å². The fourth-order valence-electron chi connectivity index (χ4n) is 2.61. The first-order valence-corrected chi connectivity index (χ1v) is 11.2. The summed E-state index contributed by atoms with van der Waals surface area (Å²) in [4.78, 5) is 22.3. The van der Waals surface area contributed by atoms with Gasteiger partial charge in [0.1, 0.15) is 6.04 Å². The van der Waals surface area contributed by atoms with Gasteiger partial charge in [0, 0.05) is 6.42 Å². The van der Waals surface area contributed by atoms with E-state index in [2.05, 4.69) is 19.1 Å². The molecule has 172 valence electrons. The maximum absolute atomic E-state index is 10.6. The van der Waals surface area contributed by atoms with Crippen LogP contribution in [0.1, 0.15) is 97.3 Å². The van der Waals surface area contributed by atoms with Gasteiger partial charge < -0.3 is 15.9 Å². The molecule has 0 fully saturated rings. The van der Waals surface area contributed by atoms with Crippen molar-refractivity contribution in [3.63, 3.8) is 0 Å². The second-order valence-electron chi connectivity index (χ2n) is 7.96. The Hall–Kier alpha value is -1.40. The van der Waals surface area contributed by atoms with Crippen molar-refractivity contribution in [1.82, 2.24) is 4.90 Å². The Morgan fingerprint density at radius 3 is 2.07 bits per heavy atom. The van der Waals surface area contributed by atoms with E-state index >= 15 is 0 Å². The molecule has 4 N–H and O–H groups in total. The molecule has 0 bridgehead atoms. The van der Waals surface area contributed by atoms with E-state index in [1.54, 1.807) is 25.9 Å². The van der Waals surface area contributed by atoms with E-state index in [9.17, 15) is 14.7 Å². The Morgan fingerprint density at radius 2 is 1.55 bits per heavy atom. The standard InChI is InChI=1S/C18H35NO2.C5H11NO2/c1-2-3-4-11-14-17(20)15-12-9-7-5-6-8-10-13-16-18(19)21;1-4(5(7)8)6(2)3/h9,12,17,20H,2-8,10-11,13-16H2,1H3,(H2,19,21);4H,1-3H3,(H,7,8)/b12-9-;. The van der Waals surface area contributed by atoms with Gasteiger partial charge in [0.2, 0.25) is 5.91 Å². The van der Waals surface area contributed by atoms with Crippen LogP contribution >= 0.6 is 0 Å². The highest BCUT2D eigenvalue weighted by Crippen LogP contribution is 2.10. The predicted octanol–water partition coefficient (Wildman–Crippen LogP) is 4.50. The lowest BCUT2D eigenvalue weighted by molar-refractivity contribution is -0.141. The number of hydrogen-bond acceptors (Lipinski definition) is 4. The normalized spacial score (nSPS) is 13.2. The number of aliphatic carboxylic acids is 1. The van der Waals surface area contributed by atoms with Crippen molar-refractivity contribution in [3.05, 3.63) is 12.2 Å². The summed E-state index contributed by atoms with van der Waals surface area (Å²) in [6.45, 7) is 3.85. The van der Waals surface area contributed by atoms with Gasteiger partial charge in [0.05, 0.1) is 6.10 Å². The first-order chi connectivity index (χ1) is 13.7. The number of likely N-dealkylation sites (N-methyl/N-ethyl adjacent to an activating group) is 1. The first kappa shape index (κ1) is 29.8. The molecule has 2 atom stereocenters. The van der Waals surface area contributed by atoms with Crippen LogP contribution in [0.2, 0.25) is 0 Å². The topological polar surface area (TPSA) is 104 Å². The lowest BCUT2D eigenvalue weighted by atomic mass is 10.1. The van der Waals surface area contributed by atoms with E-state index < -0.39 is 5.97 Å². The number of unbranched alkanes of at least 4 members (excludes halogenated alkanes) is 8. The summed E-state index contributed by atoms with van der Waals surface area (Å²) in [6, 6.07) is -0.380. The van der Waals surface area contributed by atoms with E-state index in [1.807, 2.05) is 0 Å². The van der Waals surface area contributed by atoms with Gasteiger partial charge in [-0.1, -0.05) is 64.0 Å². The number of nitrogens with zero attached hydrogens (tertiary/aromatic N) is 1. The third kappa shape index (κ3) is 24.6. The molecule has 6 nitrogen and oxygen atoms in total. The van der Waals surface area contributed by atoms with Crippen LogP contribution in [0.25, 0.3) is 0 Å².